The van der Waals surface area contributed by atoms with Crippen LogP contribution in [0.2, 0.25) is 0 Å². The summed E-state index contributed by atoms with van der Waals surface area (Å²) in [5, 5.41) is 0. The van der Waals surface area contributed by atoms with Crippen LogP contribution < -0.4 is 0 Å². The average Bonchev–Trinajstić information content (AvgIpc) is 2.02. The standard InChI is InChI=1S/C10H19Br2/c1-2-3-4-5-6-7-8-9-10(11)12/h2-9H2,1H3. The highest BCUT2D eigenvalue weighted by molar-refractivity contribution is 9.27. The van der Waals surface area contributed by atoms with Crippen LogP contribution in [-0.4, -0.2) is 0 Å². The topological polar surface area (TPSA) is 0 Å². The largest absolute Gasteiger partial charge is 0.105 e. The molecule has 0 aromatic rings. The van der Waals surface area contributed by atoms with E-state index in [-0.39, 0.29) is 0 Å². The lowest BCUT2D eigenvalue weighted by atomic mass is 10.1. The maximum atomic E-state index is 3.40. The Bertz CT molecular complexity index is 81.9. The fourth-order valence-corrected chi connectivity index (χ4v) is 1.78. The number of rotatable bonds is 8. The predicted molar refractivity (Wildman–Crippen MR) is 63.7 cm³/mol. The van der Waals surface area contributed by atoms with Gasteiger partial charge in [0.2, 0.25) is 0 Å². The van der Waals surface area contributed by atoms with E-state index < -0.39 is 0 Å². The summed E-state index contributed by atoms with van der Waals surface area (Å²) in [6.07, 6.45) is 10.9. The third kappa shape index (κ3) is 11.0. The molecule has 0 aliphatic rings. The minimum absolute atomic E-state index is 1.17. The Labute approximate surface area is 93.8 Å². The summed E-state index contributed by atoms with van der Waals surface area (Å²) in [6.45, 7) is 2.26. The van der Waals surface area contributed by atoms with Crippen LogP contribution in [0.3, 0.4) is 0 Å². The molecule has 0 amide bonds. The van der Waals surface area contributed by atoms with Gasteiger partial charge in [0.15, 0.2) is 0 Å². The molecule has 73 valence electrons. The van der Waals surface area contributed by atoms with Gasteiger partial charge < -0.3 is 0 Å². The van der Waals surface area contributed by atoms with Gasteiger partial charge in [-0.15, -0.1) is 0 Å². The molecule has 0 aromatic heterocycles. The molecular formula is C10H19Br2. The summed E-state index contributed by atoms with van der Waals surface area (Å²) < 4.78 is 1.21. The molecule has 0 bridgehead atoms. The molecule has 0 aliphatic heterocycles. The number of unbranched alkanes of at least 4 members (excludes halogenated alkanes) is 6. The normalized spacial score (nSPS) is 11.0. The molecule has 0 N–H and O–H groups in total. The minimum Gasteiger partial charge on any atom is -0.0702 e. The summed E-state index contributed by atoms with van der Waals surface area (Å²) in [6, 6.07) is 0. The smallest absolute Gasteiger partial charge is 0.0702 e. The predicted octanol–water partition coefficient (Wildman–Crippen LogP) is 5.41. The summed E-state index contributed by atoms with van der Waals surface area (Å²) in [7, 11) is 0. The zero-order chi connectivity index (χ0) is 9.23. The van der Waals surface area contributed by atoms with Crippen molar-refractivity contribution in [1.82, 2.24) is 0 Å². The molecule has 0 nitrogen and oxygen atoms in total. The second kappa shape index (κ2) is 10.0. The van der Waals surface area contributed by atoms with E-state index >= 15 is 0 Å². The van der Waals surface area contributed by atoms with Crippen molar-refractivity contribution in [2.24, 2.45) is 0 Å². The zero-order valence-electron chi connectivity index (χ0n) is 7.91. The van der Waals surface area contributed by atoms with Crippen molar-refractivity contribution in [3.8, 4) is 0 Å². The van der Waals surface area contributed by atoms with Crippen LogP contribution in [0.4, 0.5) is 0 Å². The van der Waals surface area contributed by atoms with Gasteiger partial charge in [-0.2, -0.15) is 0 Å². The molecule has 0 aliphatic carbocycles. The fourth-order valence-electron chi connectivity index (χ4n) is 1.22. The minimum atomic E-state index is 1.17. The SMILES string of the molecule is CCCCCCCCC[C](Br)Br. The fraction of sp³-hybridized carbons (Fsp3) is 0.900. The first-order valence-corrected chi connectivity index (χ1v) is 6.52. The highest BCUT2D eigenvalue weighted by Gasteiger charge is 1.97. The lowest BCUT2D eigenvalue weighted by Crippen LogP contribution is -1.81. The Morgan fingerprint density at radius 2 is 1.33 bits per heavy atom. The summed E-state index contributed by atoms with van der Waals surface area (Å²) in [4.78, 5) is 0. The van der Waals surface area contributed by atoms with Crippen LogP contribution in [-0.2, 0) is 0 Å². The second-order valence-electron chi connectivity index (χ2n) is 3.21. The summed E-state index contributed by atoms with van der Waals surface area (Å²) in [5.41, 5.74) is 0. The van der Waals surface area contributed by atoms with Crippen LogP contribution in [0, 0.1) is 3.74 Å². The number of hydrogen-bond acceptors (Lipinski definition) is 0. The first-order chi connectivity index (χ1) is 5.77. The van der Waals surface area contributed by atoms with Gasteiger partial charge in [0.25, 0.3) is 0 Å². The van der Waals surface area contributed by atoms with Crippen molar-refractivity contribution in [2.75, 3.05) is 0 Å². The van der Waals surface area contributed by atoms with Crippen LogP contribution in [0.1, 0.15) is 58.3 Å². The maximum absolute atomic E-state index is 3.40. The highest BCUT2D eigenvalue weighted by Crippen LogP contribution is 2.25. The van der Waals surface area contributed by atoms with Gasteiger partial charge in [0.1, 0.15) is 3.74 Å². The van der Waals surface area contributed by atoms with Gasteiger partial charge in [-0.3, -0.25) is 0 Å². The van der Waals surface area contributed by atoms with E-state index in [2.05, 4.69) is 38.8 Å². The van der Waals surface area contributed by atoms with E-state index in [1.54, 1.807) is 0 Å². The van der Waals surface area contributed by atoms with Crippen molar-refractivity contribution < 1.29 is 0 Å². The van der Waals surface area contributed by atoms with E-state index in [1.165, 1.54) is 55.1 Å². The van der Waals surface area contributed by atoms with Crippen molar-refractivity contribution in [3.63, 3.8) is 0 Å². The van der Waals surface area contributed by atoms with Gasteiger partial charge in [-0.25, -0.2) is 0 Å². The van der Waals surface area contributed by atoms with Crippen molar-refractivity contribution in [2.45, 2.75) is 58.3 Å². The molecule has 0 saturated carbocycles. The first kappa shape index (κ1) is 13.0. The van der Waals surface area contributed by atoms with Crippen LogP contribution in [0.5, 0.6) is 0 Å². The molecule has 0 aromatic carbocycles. The van der Waals surface area contributed by atoms with Gasteiger partial charge in [0.05, 0.1) is 0 Å². The molecule has 0 fully saturated rings. The van der Waals surface area contributed by atoms with E-state index in [4.69, 9.17) is 0 Å². The quantitative estimate of drug-likeness (QED) is 0.526. The number of halogens is 2. The molecule has 0 rings (SSSR count). The van der Waals surface area contributed by atoms with Crippen molar-refractivity contribution in [1.29, 1.82) is 0 Å². The van der Waals surface area contributed by atoms with Gasteiger partial charge >= 0.3 is 0 Å². The molecule has 0 saturated heterocycles. The second-order valence-corrected chi connectivity index (χ2v) is 6.19. The van der Waals surface area contributed by atoms with E-state index in [1.807, 2.05) is 0 Å². The summed E-state index contributed by atoms with van der Waals surface area (Å²) in [5.74, 6) is 0. The molecule has 0 atom stereocenters. The molecule has 0 heterocycles. The van der Waals surface area contributed by atoms with E-state index in [0.29, 0.717) is 0 Å². The van der Waals surface area contributed by atoms with E-state index in [0.717, 1.165) is 0 Å². The monoisotopic (exact) mass is 297 g/mol. The van der Waals surface area contributed by atoms with Crippen molar-refractivity contribution >= 4 is 31.9 Å². The molecule has 1 radical (unpaired) electrons. The third-order valence-electron chi connectivity index (χ3n) is 1.97. The molecular weight excluding hydrogens is 280 g/mol. The first-order valence-electron chi connectivity index (χ1n) is 4.94. The average molecular weight is 299 g/mol. The Morgan fingerprint density at radius 3 is 1.83 bits per heavy atom. The van der Waals surface area contributed by atoms with Crippen molar-refractivity contribution in [3.05, 3.63) is 3.74 Å². The summed E-state index contributed by atoms with van der Waals surface area (Å²) >= 11 is 6.80. The Balaban J connectivity index is 2.82. The maximum Gasteiger partial charge on any atom is 0.105 e. The third-order valence-corrected chi connectivity index (χ3v) is 2.76. The van der Waals surface area contributed by atoms with Gasteiger partial charge in [-0.1, -0.05) is 83.7 Å². The lowest BCUT2D eigenvalue weighted by Gasteiger charge is -2.01. The Kier molecular flexibility index (Phi) is 10.8. The molecule has 12 heavy (non-hydrogen) atoms. The van der Waals surface area contributed by atoms with Gasteiger partial charge in [0, 0.05) is 0 Å². The molecule has 2 heteroatoms. The Hall–Kier alpha value is 0.960. The van der Waals surface area contributed by atoms with Crippen LogP contribution in [0.15, 0.2) is 0 Å². The van der Waals surface area contributed by atoms with Crippen LogP contribution in [0.25, 0.3) is 0 Å². The van der Waals surface area contributed by atoms with Gasteiger partial charge in [-0.05, 0) is 6.42 Å². The van der Waals surface area contributed by atoms with E-state index in [9.17, 15) is 0 Å². The molecule has 0 unspecified atom stereocenters. The molecule has 0 spiro atoms. The Morgan fingerprint density at radius 1 is 0.833 bits per heavy atom. The number of hydrogen-bond donors (Lipinski definition) is 0. The lowest BCUT2D eigenvalue weighted by molar-refractivity contribution is 0.590. The highest BCUT2D eigenvalue weighted by atomic mass is 79.9. The van der Waals surface area contributed by atoms with Crippen LogP contribution >= 0.6 is 31.9 Å². The zero-order valence-corrected chi connectivity index (χ0v) is 11.1.